The lowest BCUT2D eigenvalue weighted by molar-refractivity contribution is -0.122. The molecule has 0 spiro atoms. The second kappa shape index (κ2) is 8.97. The number of hydrogen-bond donors (Lipinski definition) is 1. The van der Waals surface area contributed by atoms with Gasteiger partial charge in [-0.3, -0.25) is 14.6 Å². The van der Waals surface area contributed by atoms with Crippen molar-refractivity contribution in [1.82, 2.24) is 20.1 Å². The summed E-state index contributed by atoms with van der Waals surface area (Å²) >= 11 is 0. The fourth-order valence-electron chi connectivity index (χ4n) is 3.34. The fraction of sp³-hybridized carbons (Fsp3) is 0.429. The summed E-state index contributed by atoms with van der Waals surface area (Å²) in [6.45, 7) is 13.1. The molecular weight excluding hydrogens is 340 g/mol. The Morgan fingerprint density at radius 2 is 2.00 bits per heavy atom. The summed E-state index contributed by atoms with van der Waals surface area (Å²) in [5.41, 5.74) is 4.40. The van der Waals surface area contributed by atoms with E-state index in [0.717, 1.165) is 44.0 Å². The molecule has 144 valence electrons. The van der Waals surface area contributed by atoms with Gasteiger partial charge in [0, 0.05) is 44.8 Å². The lowest BCUT2D eigenvalue weighted by Gasteiger charge is -2.33. The van der Waals surface area contributed by atoms with E-state index >= 15 is 0 Å². The van der Waals surface area contributed by atoms with Crippen molar-refractivity contribution in [3.63, 3.8) is 0 Å². The number of hydrogen-bond acceptors (Lipinski definition) is 5. The summed E-state index contributed by atoms with van der Waals surface area (Å²) in [6, 6.07) is 6.29. The molecule has 1 amide bonds. The third-order valence-electron chi connectivity index (χ3n) is 4.83. The SMILES string of the molecule is C=CCNC(=O)CN1CCN(Cc2coc(-c3ccc(C)cc3C)n2)CC1. The second-order valence-electron chi connectivity index (χ2n) is 7.11. The first-order chi connectivity index (χ1) is 13.0. The first-order valence-corrected chi connectivity index (χ1v) is 9.39. The number of amides is 1. The summed E-state index contributed by atoms with van der Waals surface area (Å²) in [5.74, 6) is 0.734. The van der Waals surface area contributed by atoms with Gasteiger partial charge in [-0.25, -0.2) is 4.98 Å². The first kappa shape index (κ1) is 19.3. The van der Waals surface area contributed by atoms with Crippen molar-refractivity contribution in [2.75, 3.05) is 39.3 Å². The zero-order valence-corrected chi connectivity index (χ0v) is 16.2. The maximum absolute atomic E-state index is 11.8. The van der Waals surface area contributed by atoms with Gasteiger partial charge in [-0.1, -0.05) is 23.8 Å². The highest BCUT2D eigenvalue weighted by Crippen LogP contribution is 2.24. The molecule has 3 rings (SSSR count). The van der Waals surface area contributed by atoms with E-state index in [1.54, 1.807) is 12.3 Å². The van der Waals surface area contributed by atoms with Crippen LogP contribution in [0.25, 0.3) is 11.5 Å². The second-order valence-corrected chi connectivity index (χ2v) is 7.11. The van der Waals surface area contributed by atoms with Gasteiger partial charge in [0.15, 0.2) is 0 Å². The maximum Gasteiger partial charge on any atom is 0.234 e. The standard InChI is InChI=1S/C21H28N4O2/c1-4-7-22-20(26)14-25-10-8-24(9-11-25)13-18-15-27-21(23-18)19-6-5-16(2)12-17(19)3/h4-6,12,15H,1,7-11,13-14H2,2-3H3,(H,22,26). The minimum absolute atomic E-state index is 0.0537. The lowest BCUT2D eigenvalue weighted by atomic mass is 10.1. The molecular formula is C21H28N4O2. The van der Waals surface area contributed by atoms with E-state index < -0.39 is 0 Å². The monoisotopic (exact) mass is 368 g/mol. The van der Waals surface area contributed by atoms with E-state index in [-0.39, 0.29) is 5.91 Å². The van der Waals surface area contributed by atoms with Crippen LogP contribution in [0.1, 0.15) is 16.8 Å². The van der Waals surface area contributed by atoms with Crippen molar-refractivity contribution in [2.24, 2.45) is 0 Å². The first-order valence-electron chi connectivity index (χ1n) is 9.39. The van der Waals surface area contributed by atoms with E-state index in [1.165, 1.54) is 11.1 Å². The van der Waals surface area contributed by atoms with Crippen LogP contribution in [-0.4, -0.2) is 60.0 Å². The summed E-state index contributed by atoms with van der Waals surface area (Å²) in [4.78, 5) is 21.0. The van der Waals surface area contributed by atoms with Gasteiger partial charge < -0.3 is 9.73 Å². The van der Waals surface area contributed by atoms with Gasteiger partial charge in [-0.05, 0) is 25.5 Å². The van der Waals surface area contributed by atoms with Crippen LogP contribution in [0.2, 0.25) is 0 Å². The highest BCUT2D eigenvalue weighted by atomic mass is 16.3. The molecule has 0 bridgehead atoms. The Morgan fingerprint density at radius 1 is 1.26 bits per heavy atom. The van der Waals surface area contributed by atoms with Crippen LogP contribution in [-0.2, 0) is 11.3 Å². The van der Waals surface area contributed by atoms with Gasteiger partial charge in [0.1, 0.15) is 6.26 Å². The van der Waals surface area contributed by atoms with Crippen molar-refractivity contribution < 1.29 is 9.21 Å². The largest absolute Gasteiger partial charge is 0.444 e. The predicted octanol–water partition coefficient (Wildman–Crippen LogP) is 2.38. The summed E-state index contributed by atoms with van der Waals surface area (Å²) in [7, 11) is 0. The van der Waals surface area contributed by atoms with Gasteiger partial charge in [-0.15, -0.1) is 6.58 Å². The van der Waals surface area contributed by atoms with Gasteiger partial charge >= 0.3 is 0 Å². The topological polar surface area (TPSA) is 61.6 Å². The Balaban J connectivity index is 1.50. The molecule has 1 N–H and O–H groups in total. The molecule has 0 aliphatic carbocycles. The highest BCUT2D eigenvalue weighted by Gasteiger charge is 2.20. The van der Waals surface area contributed by atoms with Crippen LogP contribution in [0.4, 0.5) is 0 Å². The smallest absolute Gasteiger partial charge is 0.234 e. The van der Waals surface area contributed by atoms with Crippen LogP contribution in [0.5, 0.6) is 0 Å². The Morgan fingerprint density at radius 3 is 2.70 bits per heavy atom. The Hall–Kier alpha value is -2.44. The van der Waals surface area contributed by atoms with E-state index in [0.29, 0.717) is 19.0 Å². The van der Waals surface area contributed by atoms with Crippen molar-refractivity contribution in [3.8, 4) is 11.5 Å². The van der Waals surface area contributed by atoms with Crippen molar-refractivity contribution in [3.05, 3.63) is 53.9 Å². The van der Waals surface area contributed by atoms with Crippen molar-refractivity contribution in [1.29, 1.82) is 0 Å². The molecule has 0 atom stereocenters. The molecule has 6 nitrogen and oxygen atoms in total. The van der Waals surface area contributed by atoms with Crippen LogP contribution >= 0.6 is 0 Å². The molecule has 1 aliphatic heterocycles. The Bertz CT molecular complexity index is 791. The third kappa shape index (κ3) is 5.28. The lowest BCUT2D eigenvalue weighted by Crippen LogP contribution is -2.49. The van der Waals surface area contributed by atoms with Crippen molar-refractivity contribution in [2.45, 2.75) is 20.4 Å². The average Bonchev–Trinajstić information content (AvgIpc) is 3.10. The third-order valence-corrected chi connectivity index (χ3v) is 4.83. The zero-order valence-electron chi connectivity index (χ0n) is 16.2. The van der Waals surface area contributed by atoms with Crippen LogP contribution in [0.3, 0.4) is 0 Å². The number of nitrogens with one attached hydrogen (secondary N) is 1. The number of rotatable bonds is 7. The van der Waals surface area contributed by atoms with E-state index in [2.05, 4.69) is 58.7 Å². The normalized spacial score (nSPS) is 15.6. The molecule has 0 radical (unpaired) electrons. The predicted molar refractivity (Wildman–Crippen MR) is 106 cm³/mol. The van der Waals surface area contributed by atoms with E-state index in [4.69, 9.17) is 4.42 Å². The zero-order chi connectivity index (χ0) is 19.2. The average molecular weight is 368 g/mol. The Labute approximate surface area is 160 Å². The number of benzene rings is 1. The summed E-state index contributed by atoms with van der Waals surface area (Å²) in [6.07, 6.45) is 3.45. The summed E-state index contributed by atoms with van der Waals surface area (Å²) in [5, 5.41) is 2.82. The quantitative estimate of drug-likeness (QED) is 0.761. The number of carbonyl (C=O) groups excluding carboxylic acids is 1. The molecule has 1 aromatic heterocycles. The highest BCUT2D eigenvalue weighted by molar-refractivity contribution is 5.78. The molecule has 27 heavy (non-hydrogen) atoms. The number of aryl methyl sites for hydroxylation is 2. The number of aromatic nitrogens is 1. The van der Waals surface area contributed by atoms with Crippen LogP contribution in [0, 0.1) is 13.8 Å². The number of carbonyl (C=O) groups is 1. The molecule has 1 aromatic carbocycles. The molecule has 2 heterocycles. The fourth-order valence-corrected chi connectivity index (χ4v) is 3.34. The minimum Gasteiger partial charge on any atom is -0.444 e. The number of oxazole rings is 1. The molecule has 1 fully saturated rings. The molecule has 1 aliphatic rings. The minimum atomic E-state index is 0.0537. The Kier molecular flexibility index (Phi) is 6.42. The summed E-state index contributed by atoms with van der Waals surface area (Å²) < 4.78 is 5.72. The number of piperazine rings is 1. The van der Waals surface area contributed by atoms with E-state index in [9.17, 15) is 4.79 Å². The molecule has 2 aromatic rings. The number of nitrogens with zero attached hydrogens (tertiary/aromatic N) is 3. The van der Waals surface area contributed by atoms with Crippen LogP contribution < -0.4 is 5.32 Å². The molecule has 6 heteroatoms. The van der Waals surface area contributed by atoms with Gasteiger partial charge in [-0.2, -0.15) is 0 Å². The van der Waals surface area contributed by atoms with Crippen molar-refractivity contribution >= 4 is 5.91 Å². The molecule has 1 saturated heterocycles. The molecule has 0 saturated carbocycles. The maximum atomic E-state index is 11.8. The van der Waals surface area contributed by atoms with Gasteiger partial charge in [0.05, 0.1) is 12.2 Å². The van der Waals surface area contributed by atoms with E-state index in [1.807, 2.05) is 0 Å². The van der Waals surface area contributed by atoms with Gasteiger partial charge in [0.2, 0.25) is 11.8 Å². The van der Waals surface area contributed by atoms with Crippen LogP contribution in [0.15, 0.2) is 41.5 Å². The van der Waals surface area contributed by atoms with Gasteiger partial charge in [0.25, 0.3) is 0 Å². The molecule has 0 unspecified atom stereocenters.